The van der Waals surface area contributed by atoms with Gasteiger partial charge in [0.15, 0.2) is 0 Å². The number of hydrogen-bond acceptors (Lipinski definition) is 3. The van der Waals surface area contributed by atoms with Gasteiger partial charge < -0.3 is 10.0 Å². The molecule has 1 fully saturated rings. The lowest BCUT2D eigenvalue weighted by Gasteiger charge is -2.38. The molecule has 3 nitrogen and oxygen atoms in total. The first-order chi connectivity index (χ1) is 11.4. The zero-order valence-corrected chi connectivity index (χ0v) is 14.2. The normalized spacial score (nSPS) is 18.7. The van der Waals surface area contributed by atoms with E-state index in [9.17, 15) is 18.3 Å². The van der Waals surface area contributed by atoms with Gasteiger partial charge in [-0.25, -0.2) is 0 Å². The van der Waals surface area contributed by atoms with Crippen LogP contribution in [0.25, 0.3) is 0 Å². The van der Waals surface area contributed by atoms with Gasteiger partial charge in [-0.3, -0.25) is 4.90 Å². The Balaban J connectivity index is 1.70. The molecule has 0 radical (unpaired) electrons. The van der Waals surface area contributed by atoms with Crippen molar-refractivity contribution in [1.29, 1.82) is 0 Å². The van der Waals surface area contributed by atoms with Crippen LogP contribution in [0.2, 0.25) is 0 Å². The van der Waals surface area contributed by atoms with Crippen molar-refractivity contribution < 1.29 is 18.3 Å². The molecule has 1 unspecified atom stereocenters. The Kier molecular flexibility index (Phi) is 7.07. The second-order valence-electron chi connectivity index (χ2n) is 6.42. The van der Waals surface area contributed by atoms with Crippen LogP contribution in [0.5, 0.6) is 0 Å². The molecular formula is C18H27F3N2O. The standard InChI is InChI=1S/C18H27F3N2O/c1-2-17(14-24)23-12-10-22(11-13-23)9-3-4-15-5-7-16(8-6-15)18(19,20)21/h5-8,17,24H,2-4,9-14H2,1H3. The van der Waals surface area contributed by atoms with Crippen LogP contribution in [0.15, 0.2) is 24.3 Å². The summed E-state index contributed by atoms with van der Waals surface area (Å²) in [6.45, 7) is 7.19. The highest BCUT2D eigenvalue weighted by Crippen LogP contribution is 2.29. The molecule has 1 aliphatic rings. The fraction of sp³-hybridized carbons (Fsp3) is 0.667. The Hall–Kier alpha value is -1.11. The van der Waals surface area contributed by atoms with Gasteiger partial charge in [-0.05, 0) is 43.5 Å². The smallest absolute Gasteiger partial charge is 0.395 e. The number of aliphatic hydroxyl groups is 1. The quantitative estimate of drug-likeness (QED) is 0.824. The zero-order valence-electron chi connectivity index (χ0n) is 14.2. The molecule has 0 aromatic heterocycles. The molecule has 0 amide bonds. The molecule has 1 N–H and O–H groups in total. The average Bonchev–Trinajstić information content (AvgIpc) is 2.57. The van der Waals surface area contributed by atoms with E-state index in [0.717, 1.165) is 69.7 Å². The lowest BCUT2D eigenvalue weighted by atomic mass is 10.1. The Labute approximate surface area is 142 Å². The first kappa shape index (κ1) is 19.2. The Morgan fingerprint density at radius 2 is 1.71 bits per heavy atom. The second-order valence-corrected chi connectivity index (χ2v) is 6.42. The molecule has 6 heteroatoms. The number of nitrogens with zero attached hydrogens (tertiary/aromatic N) is 2. The molecule has 1 saturated heterocycles. The topological polar surface area (TPSA) is 26.7 Å². The van der Waals surface area contributed by atoms with Crippen LogP contribution in [-0.2, 0) is 12.6 Å². The van der Waals surface area contributed by atoms with E-state index in [1.54, 1.807) is 12.1 Å². The molecule has 1 atom stereocenters. The molecular weight excluding hydrogens is 317 g/mol. The summed E-state index contributed by atoms with van der Waals surface area (Å²) in [5, 5.41) is 9.36. The summed E-state index contributed by atoms with van der Waals surface area (Å²) < 4.78 is 37.6. The maximum absolute atomic E-state index is 12.5. The summed E-state index contributed by atoms with van der Waals surface area (Å²) in [6.07, 6.45) is -1.55. The van der Waals surface area contributed by atoms with Crippen molar-refractivity contribution in [1.82, 2.24) is 9.80 Å². The summed E-state index contributed by atoms with van der Waals surface area (Å²) in [6, 6.07) is 5.74. The number of aryl methyl sites for hydroxylation is 1. The number of benzene rings is 1. The molecule has 24 heavy (non-hydrogen) atoms. The summed E-state index contributed by atoms with van der Waals surface area (Å²) in [5.74, 6) is 0. The summed E-state index contributed by atoms with van der Waals surface area (Å²) in [5.41, 5.74) is 0.365. The van der Waals surface area contributed by atoms with Crippen LogP contribution < -0.4 is 0 Å². The van der Waals surface area contributed by atoms with Crippen molar-refractivity contribution >= 4 is 0 Å². The van der Waals surface area contributed by atoms with Gasteiger partial charge in [-0.2, -0.15) is 13.2 Å². The van der Waals surface area contributed by atoms with E-state index in [2.05, 4.69) is 16.7 Å². The first-order valence-corrected chi connectivity index (χ1v) is 8.67. The third-order valence-corrected chi connectivity index (χ3v) is 4.83. The van der Waals surface area contributed by atoms with Crippen LogP contribution in [-0.4, -0.2) is 60.3 Å². The number of aliphatic hydroxyl groups excluding tert-OH is 1. The van der Waals surface area contributed by atoms with Gasteiger partial charge in [-0.15, -0.1) is 0 Å². The third-order valence-electron chi connectivity index (χ3n) is 4.83. The Morgan fingerprint density at radius 3 is 2.21 bits per heavy atom. The van der Waals surface area contributed by atoms with Crippen LogP contribution in [0.1, 0.15) is 30.9 Å². The van der Waals surface area contributed by atoms with Gasteiger partial charge in [0.05, 0.1) is 12.2 Å². The zero-order chi connectivity index (χ0) is 17.6. The number of halogens is 3. The van der Waals surface area contributed by atoms with E-state index >= 15 is 0 Å². The second kappa shape index (κ2) is 8.83. The minimum atomic E-state index is -4.26. The number of hydrogen-bond donors (Lipinski definition) is 1. The van der Waals surface area contributed by atoms with Crippen molar-refractivity contribution in [3.63, 3.8) is 0 Å². The Morgan fingerprint density at radius 1 is 1.08 bits per heavy atom. The SMILES string of the molecule is CCC(CO)N1CCN(CCCc2ccc(C(F)(F)F)cc2)CC1. The van der Waals surface area contributed by atoms with Crippen molar-refractivity contribution in [3.05, 3.63) is 35.4 Å². The number of piperazine rings is 1. The van der Waals surface area contributed by atoms with Gasteiger partial charge >= 0.3 is 6.18 Å². The highest BCUT2D eigenvalue weighted by molar-refractivity contribution is 5.24. The fourth-order valence-corrected chi connectivity index (χ4v) is 3.22. The van der Waals surface area contributed by atoms with E-state index in [1.807, 2.05) is 0 Å². The van der Waals surface area contributed by atoms with Gasteiger partial charge in [0.2, 0.25) is 0 Å². The molecule has 0 saturated carbocycles. The molecule has 0 spiro atoms. The largest absolute Gasteiger partial charge is 0.416 e. The maximum atomic E-state index is 12.5. The third kappa shape index (κ3) is 5.46. The lowest BCUT2D eigenvalue weighted by molar-refractivity contribution is -0.137. The number of alkyl halides is 3. The van der Waals surface area contributed by atoms with E-state index in [-0.39, 0.29) is 12.6 Å². The predicted octanol–water partition coefficient (Wildman–Crippen LogP) is 3.03. The van der Waals surface area contributed by atoms with Gasteiger partial charge in [0.25, 0.3) is 0 Å². The highest BCUT2D eigenvalue weighted by atomic mass is 19.4. The monoisotopic (exact) mass is 344 g/mol. The van der Waals surface area contributed by atoms with E-state index < -0.39 is 11.7 Å². The van der Waals surface area contributed by atoms with Gasteiger partial charge in [0.1, 0.15) is 0 Å². The molecule has 0 aliphatic carbocycles. The van der Waals surface area contributed by atoms with Crippen LogP contribution in [0.3, 0.4) is 0 Å². The average molecular weight is 344 g/mol. The van der Waals surface area contributed by atoms with Gasteiger partial charge in [0, 0.05) is 32.2 Å². The molecule has 1 aromatic rings. The minimum Gasteiger partial charge on any atom is -0.395 e. The highest BCUT2D eigenvalue weighted by Gasteiger charge is 2.29. The minimum absolute atomic E-state index is 0.213. The van der Waals surface area contributed by atoms with Crippen molar-refractivity contribution in [2.24, 2.45) is 0 Å². The van der Waals surface area contributed by atoms with E-state index in [4.69, 9.17) is 0 Å². The molecule has 1 aromatic carbocycles. The molecule has 1 heterocycles. The van der Waals surface area contributed by atoms with Crippen molar-refractivity contribution in [2.75, 3.05) is 39.3 Å². The molecule has 1 aliphatic heterocycles. The van der Waals surface area contributed by atoms with Crippen LogP contribution in [0, 0.1) is 0 Å². The molecule has 0 bridgehead atoms. The molecule has 136 valence electrons. The first-order valence-electron chi connectivity index (χ1n) is 8.67. The maximum Gasteiger partial charge on any atom is 0.416 e. The lowest BCUT2D eigenvalue weighted by Crippen LogP contribution is -2.51. The van der Waals surface area contributed by atoms with Crippen molar-refractivity contribution in [2.45, 2.75) is 38.4 Å². The van der Waals surface area contributed by atoms with E-state index in [1.165, 1.54) is 0 Å². The summed E-state index contributed by atoms with van der Waals surface area (Å²) in [7, 11) is 0. The predicted molar refractivity (Wildman–Crippen MR) is 88.9 cm³/mol. The van der Waals surface area contributed by atoms with Crippen LogP contribution in [0.4, 0.5) is 13.2 Å². The van der Waals surface area contributed by atoms with Crippen LogP contribution >= 0.6 is 0 Å². The summed E-state index contributed by atoms with van der Waals surface area (Å²) >= 11 is 0. The van der Waals surface area contributed by atoms with Gasteiger partial charge in [-0.1, -0.05) is 19.1 Å². The molecule has 2 rings (SSSR count). The summed E-state index contributed by atoms with van der Waals surface area (Å²) in [4.78, 5) is 4.73. The van der Waals surface area contributed by atoms with E-state index in [0.29, 0.717) is 0 Å². The fourth-order valence-electron chi connectivity index (χ4n) is 3.22. The van der Waals surface area contributed by atoms with Crippen molar-refractivity contribution in [3.8, 4) is 0 Å². The Bertz CT molecular complexity index is 478. The number of rotatable bonds is 7.